The molecular formula is C6H10O3S2. The number of hydrogen-bond donors (Lipinski definition) is 1. The number of hydrogen-bond acceptors (Lipinski definition) is 4. The Bertz CT molecular complexity index is 158. The van der Waals surface area contributed by atoms with Crippen molar-refractivity contribution in [1.82, 2.24) is 0 Å². The quantitative estimate of drug-likeness (QED) is 0.690. The molecule has 1 N–H and O–H groups in total. The van der Waals surface area contributed by atoms with Gasteiger partial charge in [0.15, 0.2) is 0 Å². The van der Waals surface area contributed by atoms with Crippen molar-refractivity contribution in [2.45, 2.75) is 19.1 Å². The number of rotatable bonds is 3. The van der Waals surface area contributed by atoms with Crippen molar-refractivity contribution in [3.05, 3.63) is 0 Å². The summed E-state index contributed by atoms with van der Waals surface area (Å²) in [5.74, 6) is -0.878. The first-order chi connectivity index (χ1) is 5.07. The van der Waals surface area contributed by atoms with Crippen LogP contribution in [-0.2, 0) is 9.53 Å². The Hall–Kier alpha value is -0.290. The Labute approximate surface area is 75.1 Å². The molecule has 0 heterocycles. The van der Waals surface area contributed by atoms with Gasteiger partial charge in [-0.3, -0.25) is 4.79 Å². The second-order valence-electron chi connectivity index (χ2n) is 1.78. The summed E-state index contributed by atoms with van der Waals surface area (Å²) < 4.78 is 5.19. The summed E-state index contributed by atoms with van der Waals surface area (Å²) in [7, 11) is 0. The molecule has 64 valence electrons. The second kappa shape index (κ2) is 5.37. The normalized spacial score (nSPS) is 12.2. The van der Waals surface area contributed by atoms with Crippen molar-refractivity contribution < 1.29 is 14.6 Å². The average Bonchev–Trinajstić information content (AvgIpc) is 1.87. The monoisotopic (exact) mass is 194 g/mol. The van der Waals surface area contributed by atoms with E-state index in [0.717, 1.165) is 11.8 Å². The Morgan fingerprint density at radius 1 is 1.82 bits per heavy atom. The molecule has 1 atom stereocenters. The fraction of sp³-hybridized carbons (Fsp3) is 0.667. The van der Waals surface area contributed by atoms with Crippen molar-refractivity contribution in [3.8, 4) is 0 Å². The number of carbonyl (C=O) groups is 1. The average molecular weight is 194 g/mol. The van der Waals surface area contributed by atoms with Crippen molar-refractivity contribution in [2.24, 2.45) is 0 Å². The predicted octanol–water partition coefficient (Wildman–Crippen LogP) is 1.51. The highest BCUT2D eigenvalue weighted by molar-refractivity contribution is 8.23. The first kappa shape index (κ1) is 10.7. The van der Waals surface area contributed by atoms with Gasteiger partial charge in [-0.2, -0.15) is 0 Å². The fourth-order valence-corrected chi connectivity index (χ4v) is 1.47. The minimum absolute atomic E-state index is 0.294. The summed E-state index contributed by atoms with van der Waals surface area (Å²) in [5, 5.41) is 7.93. The third-order valence-corrected chi connectivity index (χ3v) is 2.15. The lowest BCUT2D eigenvalue weighted by Crippen LogP contribution is -2.14. The lowest BCUT2D eigenvalue weighted by Gasteiger charge is -2.06. The predicted molar refractivity (Wildman–Crippen MR) is 48.9 cm³/mol. The van der Waals surface area contributed by atoms with Gasteiger partial charge in [0, 0.05) is 0 Å². The molecule has 0 aromatic heterocycles. The zero-order valence-corrected chi connectivity index (χ0v) is 8.00. The Kier molecular flexibility index (Phi) is 5.23. The standard InChI is InChI=1S/C6H10O3S2/c1-3-9-6(10)11-4(2)5(7)8/h4H,3H2,1-2H3,(H,7,8)/t4-/m0/s1. The van der Waals surface area contributed by atoms with Gasteiger partial charge in [0.25, 0.3) is 0 Å². The van der Waals surface area contributed by atoms with Crippen molar-refractivity contribution in [1.29, 1.82) is 0 Å². The zero-order valence-electron chi connectivity index (χ0n) is 6.36. The molecule has 0 rings (SSSR count). The summed E-state index contributed by atoms with van der Waals surface area (Å²) in [6.45, 7) is 3.86. The third kappa shape index (κ3) is 5.03. The van der Waals surface area contributed by atoms with E-state index in [1.165, 1.54) is 0 Å². The number of thiocarbonyl (C=S) groups is 1. The number of aliphatic carboxylic acids is 1. The molecule has 5 heteroatoms. The molecule has 0 bridgehead atoms. The molecule has 3 nitrogen and oxygen atoms in total. The molecule has 0 aliphatic rings. The SMILES string of the molecule is CCOC(=S)S[C@@H](C)C(=O)O. The second-order valence-corrected chi connectivity index (χ2v) is 3.72. The summed E-state index contributed by atoms with van der Waals surface area (Å²) >= 11 is 5.77. The first-order valence-corrected chi connectivity index (χ1v) is 4.43. The van der Waals surface area contributed by atoms with E-state index in [1.54, 1.807) is 13.8 Å². The molecule has 0 aromatic rings. The van der Waals surface area contributed by atoms with E-state index < -0.39 is 11.2 Å². The Balaban J connectivity index is 3.66. The topological polar surface area (TPSA) is 46.5 Å². The van der Waals surface area contributed by atoms with Gasteiger partial charge < -0.3 is 9.84 Å². The van der Waals surface area contributed by atoms with Crippen molar-refractivity contribution in [3.63, 3.8) is 0 Å². The van der Waals surface area contributed by atoms with Gasteiger partial charge in [-0.05, 0) is 26.1 Å². The van der Waals surface area contributed by atoms with Gasteiger partial charge in [0.2, 0.25) is 4.38 Å². The first-order valence-electron chi connectivity index (χ1n) is 3.14. The molecule has 11 heavy (non-hydrogen) atoms. The maximum absolute atomic E-state index is 10.3. The molecule has 0 aromatic carbocycles. The number of thioether (sulfide) groups is 1. The van der Waals surface area contributed by atoms with Crippen LogP contribution >= 0.6 is 24.0 Å². The molecule has 0 aliphatic carbocycles. The van der Waals surface area contributed by atoms with Crippen LogP contribution in [0.3, 0.4) is 0 Å². The van der Waals surface area contributed by atoms with Crippen LogP contribution < -0.4 is 0 Å². The molecule has 0 amide bonds. The number of ether oxygens (including phenoxy) is 1. The minimum atomic E-state index is -0.878. The highest BCUT2D eigenvalue weighted by atomic mass is 32.2. The molecule has 0 fully saturated rings. The van der Waals surface area contributed by atoms with Crippen molar-refractivity contribution >= 4 is 34.3 Å². The van der Waals surface area contributed by atoms with E-state index in [-0.39, 0.29) is 0 Å². The maximum atomic E-state index is 10.3. The number of carboxylic acids is 1. The van der Waals surface area contributed by atoms with E-state index in [4.69, 9.17) is 22.1 Å². The van der Waals surface area contributed by atoms with Gasteiger partial charge >= 0.3 is 5.97 Å². The lowest BCUT2D eigenvalue weighted by atomic mass is 10.5. The molecule has 0 spiro atoms. The highest BCUT2D eigenvalue weighted by Crippen LogP contribution is 2.13. The molecule has 0 saturated carbocycles. The molecule has 0 aliphatic heterocycles. The summed E-state index contributed by atoms with van der Waals surface area (Å²) in [6.07, 6.45) is 0. The smallest absolute Gasteiger partial charge is 0.316 e. The Morgan fingerprint density at radius 2 is 2.36 bits per heavy atom. The van der Waals surface area contributed by atoms with E-state index in [1.807, 2.05) is 0 Å². The van der Waals surface area contributed by atoms with Gasteiger partial charge in [0.05, 0.1) is 6.61 Å². The number of carboxylic acid groups (broad SMARTS) is 1. The fourth-order valence-electron chi connectivity index (χ4n) is 0.347. The zero-order chi connectivity index (χ0) is 8.85. The van der Waals surface area contributed by atoms with Crippen LogP contribution in [0.2, 0.25) is 0 Å². The summed E-state index contributed by atoms with van der Waals surface area (Å²) in [5.41, 5.74) is 0. The van der Waals surface area contributed by atoms with Crippen LogP contribution in [0.4, 0.5) is 0 Å². The highest BCUT2D eigenvalue weighted by Gasteiger charge is 2.14. The molecule has 0 saturated heterocycles. The summed E-state index contributed by atoms with van der Waals surface area (Å²) in [6, 6.07) is 0. The van der Waals surface area contributed by atoms with E-state index >= 15 is 0 Å². The van der Waals surface area contributed by atoms with Gasteiger partial charge in [-0.15, -0.1) is 0 Å². The van der Waals surface area contributed by atoms with Crippen LogP contribution in [0.5, 0.6) is 0 Å². The third-order valence-electron chi connectivity index (χ3n) is 0.883. The molecule has 0 unspecified atom stereocenters. The lowest BCUT2D eigenvalue weighted by molar-refractivity contribution is -0.136. The van der Waals surface area contributed by atoms with Gasteiger partial charge in [-0.25, -0.2) is 0 Å². The summed E-state index contributed by atoms with van der Waals surface area (Å²) in [4.78, 5) is 10.3. The van der Waals surface area contributed by atoms with Crippen LogP contribution in [0.25, 0.3) is 0 Å². The van der Waals surface area contributed by atoms with Gasteiger partial charge in [0.1, 0.15) is 5.25 Å². The van der Waals surface area contributed by atoms with Crippen LogP contribution in [0.1, 0.15) is 13.8 Å². The van der Waals surface area contributed by atoms with E-state index in [0.29, 0.717) is 11.0 Å². The Morgan fingerprint density at radius 3 is 2.73 bits per heavy atom. The van der Waals surface area contributed by atoms with Crippen molar-refractivity contribution in [2.75, 3.05) is 6.61 Å². The largest absolute Gasteiger partial charge is 0.480 e. The molecule has 0 radical (unpaired) electrons. The molecular weight excluding hydrogens is 184 g/mol. The van der Waals surface area contributed by atoms with E-state index in [9.17, 15) is 4.79 Å². The van der Waals surface area contributed by atoms with Gasteiger partial charge in [-0.1, -0.05) is 11.8 Å². The van der Waals surface area contributed by atoms with Crippen LogP contribution in [-0.4, -0.2) is 27.3 Å². The maximum Gasteiger partial charge on any atom is 0.316 e. The van der Waals surface area contributed by atoms with Crippen LogP contribution in [0.15, 0.2) is 0 Å². The minimum Gasteiger partial charge on any atom is -0.480 e. The van der Waals surface area contributed by atoms with Crippen LogP contribution in [0, 0.1) is 0 Å². The van der Waals surface area contributed by atoms with E-state index in [2.05, 4.69) is 0 Å².